The van der Waals surface area contributed by atoms with Crippen LogP contribution < -0.4 is 5.32 Å². The summed E-state index contributed by atoms with van der Waals surface area (Å²) in [5.74, 6) is 2.68. The standard InChI is InChI=1S/C12H26N2S/c1-11(2)13-6-5-12(3)14-7-4-9-15-10-8-14/h11-13H,4-10H2,1-3H3. The zero-order chi connectivity index (χ0) is 11.1. The van der Waals surface area contributed by atoms with Gasteiger partial charge in [-0.15, -0.1) is 0 Å². The number of hydrogen-bond acceptors (Lipinski definition) is 3. The molecule has 0 saturated carbocycles. The molecule has 1 saturated heterocycles. The smallest absolute Gasteiger partial charge is 0.00793 e. The van der Waals surface area contributed by atoms with Crippen LogP contribution in [0.1, 0.15) is 33.6 Å². The minimum atomic E-state index is 0.622. The normalized spacial score (nSPS) is 21.6. The van der Waals surface area contributed by atoms with Gasteiger partial charge in [0.25, 0.3) is 0 Å². The van der Waals surface area contributed by atoms with Crippen molar-refractivity contribution in [3.05, 3.63) is 0 Å². The van der Waals surface area contributed by atoms with E-state index >= 15 is 0 Å². The monoisotopic (exact) mass is 230 g/mol. The first-order chi connectivity index (χ1) is 7.20. The van der Waals surface area contributed by atoms with Gasteiger partial charge in [0.2, 0.25) is 0 Å². The van der Waals surface area contributed by atoms with E-state index in [2.05, 4.69) is 42.7 Å². The molecular formula is C12H26N2S. The third-order valence-corrected chi connectivity index (χ3v) is 4.04. The molecule has 0 aromatic carbocycles. The quantitative estimate of drug-likeness (QED) is 0.779. The molecule has 0 spiro atoms. The van der Waals surface area contributed by atoms with Crippen molar-refractivity contribution in [2.24, 2.45) is 0 Å². The second-order valence-corrected chi connectivity index (χ2v) is 5.97. The first-order valence-corrected chi connectivity index (χ1v) is 7.41. The lowest BCUT2D eigenvalue weighted by molar-refractivity contribution is 0.213. The minimum Gasteiger partial charge on any atom is -0.314 e. The van der Waals surface area contributed by atoms with E-state index in [9.17, 15) is 0 Å². The maximum Gasteiger partial charge on any atom is 0.00793 e. The molecule has 2 nitrogen and oxygen atoms in total. The fourth-order valence-electron chi connectivity index (χ4n) is 1.97. The van der Waals surface area contributed by atoms with E-state index < -0.39 is 0 Å². The van der Waals surface area contributed by atoms with Crippen molar-refractivity contribution in [3.63, 3.8) is 0 Å². The second kappa shape index (κ2) is 7.53. The molecule has 1 N–H and O–H groups in total. The highest BCUT2D eigenvalue weighted by molar-refractivity contribution is 7.99. The second-order valence-electron chi connectivity index (χ2n) is 4.75. The molecule has 0 radical (unpaired) electrons. The summed E-state index contributed by atoms with van der Waals surface area (Å²) in [7, 11) is 0. The Balaban J connectivity index is 2.16. The minimum absolute atomic E-state index is 0.622. The lowest BCUT2D eigenvalue weighted by Crippen LogP contribution is -2.37. The molecule has 1 unspecified atom stereocenters. The Labute approximate surface area is 99.2 Å². The van der Waals surface area contributed by atoms with Crippen molar-refractivity contribution >= 4 is 11.8 Å². The molecule has 90 valence electrons. The van der Waals surface area contributed by atoms with Gasteiger partial charge in [0.1, 0.15) is 0 Å². The van der Waals surface area contributed by atoms with Crippen molar-refractivity contribution in [3.8, 4) is 0 Å². The van der Waals surface area contributed by atoms with Gasteiger partial charge in [-0.05, 0) is 38.6 Å². The summed E-state index contributed by atoms with van der Waals surface area (Å²) in [6.45, 7) is 10.5. The zero-order valence-electron chi connectivity index (χ0n) is 10.5. The summed E-state index contributed by atoms with van der Waals surface area (Å²) in [6, 6.07) is 1.37. The van der Waals surface area contributed by atoms with Crippen LogP contribution in [0.5, 0.6) is 0 Å². The van der Waals surface area contributed by atoms with E-state index in [1.165, 1.54) is 37.4 Å². The molecule has 0 aromatic heterocycles. The van der Waals surface area contributed by atoms with E-state index in [4.69, 9.17) is 0 Å². The van der Waals surface area contributed by atoms with E-state index in [0.29, 0.717) is 6.04 Å². The van der Waals surface area contributed by atoms with Crippen LogP contribution >= 0.6 is 11.8 Å². The Hall–Kier alpha value is 0.270. The van der Waals surface area contributed by atoms with E-state index in [-0.39, 0.29) is 0 Å². The highest BCUT2D eigenvalue weighted by Crippen LogP contribution is 2.13. The van der Waals surface area contributed by atoms with Gasteiger partial charge < -0.3 is 5.32 Å². The van der Waals surface area contributed by atoms with Crippen LogP contribution in [-0.4, -0.2) is 48.1 Å². The molecular weight excluding hydrogens is 204 g/mol. The van der Waals surface area contributed by atoms with Gasteiger partial charge in [-0.3, -0.25) is 4.90 Å². The molecule has 0 amide bonds. The van der Waals surface area contributed by atoms with Crippen LogP contribution in [0.15, 0.2) is 0 Å². The van der Waals surface area contributed by atoms with Gasteiger partial charge in [-0.25, -0.2) is 0 Å². The summed E-state index contributed by atoms with van der Waals surface area (Å²) >= 11 is 2.11. The molecule has 15 heavy (non-hydrogen) atoms. The molecule has 0 aliphatic carbocycles. The molecule has 0 aromatic rings. The number of hydrogen-bond donors (Lipinski definition) is 1. The zero-order valence-corrected chi connectivity index (χ0v) is 11.3. The van der Waals surface area contributed by atoms with Crippen molar-refractivity contribution < 1.29 is 0 Å². The molecule has 1 aliphatic heterocycles. The molecule has 1 atom stereocenters. The molecule has 1 aliphatic rings. The topological polar surface area (TPSA) is 15.3 Å². The van der Waals surface area contributed by atoms with Crippen molar-refractivity contribution in [2.75, 3.05) is 31.1 Å². The van der Waals surface area contributed by atoms with Crippen LogP contribution in [0.25, 0.3) is 0 Å². The Kier molecular flexibility index (Phi) is 6.69. The number of rotatable bonds is 5. The fraction of sp³-hybridized carbons (Fsp3) is 1.00. The van der Waals surface area contributed by atoms with Crippen LogP contribution in [0.3, 0.4) is 0 Å². The van der Waals surface area contributed by atoms with E-state index in [1.807, 2.05) is 0 Å². The molecule has 0 bridgehead atoms. The third kappa shape index (κ3) is 5.79. The molecule has 3 heteroatoms. The first kappa shape index (κ1) is 13.3. The number of nitrogens with zero attached hydrogens (tertiary/aromatic N) is 1. The van der Waals surface area contributed by atoms with Crippen molar-refractivity contribution in [2.45, 2.75) is 45.7 Å². The summed E-state index contributed by atoms with van der Waals surface area (Å²) in [6.07, 6.45) is 2.65. The van der Waals surface area contributed by atoms with E-state index in [0.717, 1.165) is 12.6 Å². The highest BCUT2D eigenvalue weighted by atomic mass is 32.2. The van der Waals surface area contributed by atoms with E-state index in [1.54, 1.807) is 0 Å². The summed E-state index contributed by atoms with van der Waals surface area (Å²) < 4.78 is 0. The predicted octanol–water partition coefficient (Wildman–Crippen LogP) is 2.20. The maximum absolute atomic E-state index is 3.50. The van der Waals surface area contributed by atoms with Crippen LogP contribution in [0, 0.1) is 0 Å². The summed E-state index contributed by atoms with van der Waals surface area (Å²) in [4.78, 5) is 2.65. The van der Waals surface area contributed by atoms with Crippen molar-refractivity contribution in [1.29, 1.82) is 0 Å². The van der Waals surface area contributed by atoms with Gasteiger partial charge in [0.05, 0.1) is 0 Å². The number of nitrogens with one attached hydrogen (secondary N) is 1. The van der Waals surface area contributed by atoms with Gasteiger partial charge in [-0.2, -0.15) is 11.8 Å². The lowest BCUT2D eigenvalue weighted by atomic mass is 10.2. The largest absolute Gasteiger partial charge is 0.314 e. The fourth-order valence-corrected chi connectivity index (χ4v) is 2.87. The maximum atomic E-state index is 3.50. The SMILES string of the molecule is CC(C)NCCC(C)N1CCCSCC1. The van der Waals surface area contributed by atoms with Gasteiger partial charge in [0, 0.05) is 24.4 Å². The predicted molar refractivity (Wildman–Crippen MR) is 70.7 cm³/mol. The molecule has 1 rings (SSSR count). The Morgan fingerprint density at radius 2 is 2.00 bits per heavy atom. The van der Waals surface area contributed by atoms with Gasteiger partial charge in [-0.1, -0.05) is 13.8 Å². The molecule has 1 fully saturated rings. The Bertz CT molecular complexity index is 154. The summed E-state index contributed by atoms with van der Waals surface area (Å²) in [5.41, 5.74) is 0. The Morgan fingerprint density at radius 3 is 2.73 bits per heavy atom. The number of thioether (sulfide) groups is 1. The average Bonchev–Trinajstić information content (AvgIpc) is 2.44. The third-order valence-electron chi connectivity index (χ3n) is 2.99. The Morgan fingerprint density at radius 1 is 1.20 bits per heavy atom. The lowest BCUT2D eigenvalue weighted by Gasteiger charge is -2.27. The average molecular weight is 230 g/mol. The first-order valence-electron chi connectivity index (χ1n) is 6.25. The highest BCUT2D eigenvalue weighted by Gasteiger charge is 2.15. The van der Waals surface area contributed by atoms with Crippen LogP contribution in [0.2, 0.25) is 0 Å². The molecule has 1 heterocycles. The van der Waals surface area contributed by atoms with Crippen LogP contribution in [0.4, 0.5) is 0 Å². The van der Waals surface area contributed by atoms with Gasteiger partial charge in [0.15, 0.2) is 0 Å². The van der Waals surface area contributed by atoms with Crippen molar-refractivity contribution in [1.82, 2.24) is 10.2 Å². The van der Waals surface area contributed by atoms with Crippen LogP contribution in [-0.2, 0) is 0 Å². The van der Waals surface area contributed by atoms with Gasteiger partial charge >= 0.3 is 0 Å². The summed E-state index contributed by atoms with van der Waals surface area (Å²) in [5, 5.41) is 3.50.